The minimum Gasteiger partial charge on any atom is -0.395 e. The van der Waals surface area contributed by atoms with Gasteiger partial charge >= 0.3 is 0 Å². The van der Waals surface area contributed by atoms with E-state index in [1.165, 1.54) is 29.6 Å². The summed E-state index contributed by atoms with van der Waals surface area (Å²) in [5.74, 6) is 0. The van der Waals surface area contributed by atoms with Crippen LogP contribution in [-0.2, 0) is 19.4 Å². The average molecular weight is 217 g/mol. The Balaban J connectivity index is 2.23. The molecule has 0 fully saturated rings. The number of aliphatic hydroxyl groups excluding tert-OH is 1. The van der Waals surface area contributed by atoms with Gasteiger partial charge in [0.1, 0.15) is 5.52 Å². The lowest BCUT2D eigenvalue weighted by Crippen LogP contribution is -2.09. The van der Waals surface area contributed by atoms with Crippen LogP contribution in [0, 0.1) is 0 Å². The number of aryl methyl sites for hydroxylation is 2. The maximum absolute atomic E-state index is 9.04. The zero-order valence-corrected chi connectivity index (χ0v) is 9.19. The van der Waals surface area contributed by atoms with Crippen molar-refractivity contribution in [2.75, 3.05) is 6.61 Å². The van der Waals surface area contributed by atoms with Crippen LogP contribution in [0.5, 0.6) is 0 Å². The van der Waals surface area contributed by atoms with E-state index < -0.39 is 0 Å². The van der Waals surface area contributed by atoms with Gasteiger partial charge in [0, 0.05) is 12.2 Å². The zero-order valence-electron chi connectivity index (χ0n) is 9.19. The molecular weight excluding hydrogens is 202 g/mol. The highest BCUT2D eigenvalue weighted by molar-refractivity contribution is 5.79. The van der Waals surface area contributed by atoms with E-state index in [0.717, 1.165) is 18.4 Å². The molecule has 0 unspecified atom stereocenters. The molecule has 0 atom stereocenters. The van der Waals surface area contributed by atoms with Crippen molar-refractivity contribution in [2.45, 2.75) is 32.2 Å². The van der Waals surface area contributed by atoms with Gasteiger partial charge in [0.05, 0.1) is 24.6 Å². The molecule has 4 nitrogen and oxygen atoms in total. The van der Waals surface area contributed by atoms with Gasteiger partial charge < -0.3 is 9.67 Å². The summed E-state index contributed by atoms with van der Waals surface area (Å²) in [6, 6.07) is 0. The summed E-state index contributed by atoms with van der Waals surface area (Å²) in [6.45, 7) is 0.773. The highest BCUT2D eigenvalue weighted by Crippen LogP contribution is 2.26. The molecule has 2 aromatic rings. The monoisotopic (exact) mass is 217 g/mol. The van der Waals surface area contributed by atoms with Gasteiger partial charge in [-0.3, -0.25) is 4.98 Å². The number of nitrogens with zero attached hydrogens (tertiary/aromatic N) is 3. The van der Waals surface area contributed by atoms with Gasteiger partial charge in [-0.2, -0.15) is 0 Å². The lowest BCUT2D eigenvalue weighted by molar-refractivity contribution is 0.277. The van der Waals surface area contributed by atoms with Gasteiger partial charge in [-0.05, 0) is 31.2 Å². The molecule has 0 saturated carbocycles. The predicted molar refractivity (Wildman–Crippen MR) is 61.3 cm³/mol. The number of aromatic nitrogens is 3. The maximum Gasteiger partial charge on any atom is 0.107 e. The summed E-state index contributed by atoms with van der Waals surface area (Å²) in [4.78, 5) is 8.82. The molecule has 2 aromatic heterocycles. The first-order chi connectivity index (χ1) is 7.90. The van der Waals surface area contributed by atoms with Crippen LogP contribution in [0.3, 0.4) is 0 Å². The van der Waals surface area contributed by atoms with E-state index in [2.05, 4.69) is 9.97 Å². The van der Waals surface area contributed by atoms with E-state index in [9.17, 15) is 0 Å². The van der Waals surface area contributed by atoms with Gasteiger partial charge in [0.25, 0.3) is 0 Å². The molecule has 0 aliphatic heterocycles. The van der Waals surface area contributed by atoms with Crippen molar-refractivity contribution in [2.24, 2.45) is 0 Å². The second-order valence-electron chi connectivity index (χ2n) is 4.29. The van der Waals surface area contributed by atoms with Crippen LogP contribution in [0.15, 0.2) is 12.5 Å². The van der Waals surface area contributed by atoms with Crippen molar-refractivity contribution < 1.29 is 5.11 Å². The molecule has 0 bridgehead atoms. The number of fused-ring (bicyclic) bond motifs is 3. The van der Waals surface area contributed by atoms with Crippen molar-refractivity contribution in [3.8, 4) is 0 Å². The molecule has 0 spiro atoms. The Morgan fingerprint density at radius 1 is 1.25 bits per heavy atom. The van der Waals surface area contributed by atoms with Crippen molar-refractivity contribution in [1.29, 1.82) is 0 Å². The molecule has 3 rings (SSSR count). The Morgan fingerprint density at radius 2 is 2.12 bits per heavy atom. The van der Waals surface area contributed by atoms with Crippen LogP contribution < -0.4 is 0 Å². The number of rotatable bonds is 2. The van der Waals surface area contributed by atoms with Gasteiger partial charge in [0.2, 0.25) is 0 Å². The van der Waals surface area contributed by atoms with E-state index in [4.69, 9.17) is 5.11 Å². The summed E-state index contributed by atoms with van der Waals surface area (Å²) in [5, 5.41) is 9.04. The second-order valence-corrected chi connectivity index (χ2v) is 4.29. The summed E-state index contributed by atoms with van der Waals surface area (Å²) in [5.41, 5.74) is 4.70. The van der Waals surface area contributed by atoms with E-state index in [1.54, 1.807) is 6.33 Å². The molecule has 84 valence electrons. The molecule has 0 aromatic carbocycles. The molecule has 0 radical (unpaired) electrons. The van der Waals surface area contributed by atoms with E-state index in [0.29, 0.717) is 6.54 Å². The van der Waals surface area contributed by atoms with Gasteiger partial charge in [-0.1, -0.05) is 0 Å². The lowest BCUT2D eigenvalue weighted by Gasteiger charge is -2.16. The molecule has 16 heavy (non-hydrogen) atoms. The van der Waals surface area contributed by atoms with Crippen LogP contribution >= 0.6 is 0 Å². The molecule has 1 aliphatic carbocycles. The summed E-state index contributed by atoms with van der Waals surface area (Å²) in [7, 11) is 0. The Morgan fingerprint density at radius 3 is 3.00 bits per heavy atom. The topological polar surface area (TPSA) is 50.9 Å². The highest BCUT2D eigenvalue weighted by atomic mass is 16.3. The Labute approximate surface area is 93.9 Å². The number of imidazole rings is 1. The summed E-state index contributed by atoms with van der Waals surface area (Å²) < 4.78 is 2.04. The number of pyridine rings is 1. The number of hydrogen-bond acceptors (Lipinski definition) is 3. The van der Waals surface area contributed by atoms with E-state index >= 15 is 0 Å². The minimum atomic E-state index is 0.155. The Kier molecular flexibility index (Phi) is 2.36. The quantitative estimate of drug-likeness (QED) is 0.825. The van der Waals surface area contributed by atoms with Crippen molar-refractivity contribution in [1.82, 2.24) is 14.5 Å². The van der Waals surface area contributed by atoms with Crippen molar-refractivity contribution in [3.05, 3.63) is 23.8 Å². The first-order valence-electron chi connectivity index (χ1n) is 5.82. The number of hydrogen-bond donors (Lipinski definition) is 1. The Bertz CT molecular complexity index is 518. The second kappa shape index (κ2) is 3.87. The van der Waals surface area contributed by atoms with E-state index in [-0.39, 0.29) is 6.61 Å². The minimum absolute atomic E-state index is 0.155. The third kappa shape index (κ3) is 1.41. The number of aliphatic hydroxyl groups is 1. The molecule has 0 saturated heterocycles. The fourth-order valence-electron chi connectivity index (χ4n) is 2.52. The summed E-state index contributed by atoms with van der Waals surface area (Å²) >= 11 is 0. The van der Waals surface area contributed by atoms with E-state index in [1.807, 2.05) is 10.8 Å². The van der Waals surface area contributed by atoms with Crippen LogP contribution in [0.2, 0.25) is 0 Å². The van der Waals surface area contributed by atoms with Crippen LogP contribution in [0.25, 0.3) is 11.0 Å². The predicted octanol–water partition coefficient (Wildman–Crippen LogP) is 1.30. The molecule has 1 aliphatic rings. The smallest absolute Gasteiger partial charge is 0.107 e. The SMILES string of the molecule is OCCn1cnc2cnc3c(c21)CCCC3. The molecule has 2 heterocycles. The molecule has 1 N–H and O–H groups in total. The maximum atomic E-state index is 9.04. The van der Waals surface area contributed by atoms with Crippen LogP contribution in [0.4, 0.5) is 0 Å². The van der Waals surface area contributed by atoms with Crippen molar-refractivity contribution in [3.63, 3.8) is 0 Å². The largest absolute Gasteiger partial charge is 0.395 e. The van der Waals surface area contributed by atoms with Gasteiger partial charge in [-0.25, -0.2) is 4.98 Å². The molecule has 0 amide bonds. The third-order valence-electron chi connectivity index (χ3n) is 3.27. The zero-order chi connectivity index (χ0) is 11.0. The van der Waals surface area contributed by atoms with Crippen LogP contribution in [0.1, 0.15) is 24.1 Å². The standard InChI is InChI=1S/C12H15N3O/c16-6-5-15-8-14-11-7-13-10-4-2-1-3-9(10)12(11)15/h7-8,16H,1-6H2. The normalized spacial score (nSPS) is 15.3. The average Bonchev–Trinajstić information content (AvgIpc) is 2.73. The fraction of sp³-hybridized carbons (Fsp3) is 0.500. The van der Waals surface area contributed by atoms with Crippen molar-refractivity contribution >= 4 is 11.0 Å². The first-order valence-corrected chi connectivity index (χ1v) is 5.82. The molecular formula is C12H15N3O. The molecule has 4 heteroatoms. The first kappa shape index (κ1) is 9.78. The lowest BCUT2D eigenvalue weighted by atomic mass is 9.95. The Hall–Kier alpha value is -1.42. The summed E-state index contributed by atoms with van der Waals surface area (Å²) in [6.07, 6.45) is 8.30. The fourth-order valence-corrected chi connectivity index (χ4v) is 2.52. The van der Waals surface area contributed by atoms with Crippen LogP contribution in [-0.4, -0.2) is 26.2 Å². The third-order valence-corrected chi connectivity index (χ3v) is 3.27. The van der Waals surface area contributed by atoms with Gasteiger partial charge in [-0.15, -0.1) is 0 Å². The highest BCUT2D eigenvalue weighted by Gasteiger charge is 2.16. The van der Waals surface area contributed by atoms with Gasteiger partial charge in [0.15, 0.2) is 0 Å².